The summed E-state index contributed by atoms with van der Waals surface area (Å²) in [6.45, 7) is 7.74. The van der Waals surface area contributed by atoms with E-state index in [1.54, 1.807) is 0 Å². The number of rotatable bonds is 4. The van der Waals surface area contributed by atoms with E-state index < -0.39 is 0 Å². The maximum absolute atomic E-state index is 4.61. The van der Waals surface area contributed by atoms with Crippen molar-refractivity contribution in [3.8, 4) is 0 Å². The molecule has 2 heterocycles. The molecule has 106 valence electrons. The molecule has 20 heavy (non-hydrogen) atoms. The van der Waals surface area contributed by atoms with Gasteiger partial charge in [-0.25, -0.2) is 0 Å². The predicted octanol–water partition coefficient (Wildman–Crippen LogP) is 4.65. The van der Waals surface area contributed by atoms with Crippen LogP contribution in [0.5, 0.6) is 0 Å². The van der Waals surface area contributed by atoms with Gasteiger partial charge >= 0.3 is 0 Å². The van der Waals surface area contributed by atoms with Crippen molar-refractivity contribution in [2.45, 2.75) is 38.5 Å². The van der Waals surface area contributed by atoms with Gasteiger partial charge in [0.25, 0.3) is 0 Å². The summed E-state index contributed by atoms with van der Waals surface area (Å²) in [7, 11) is 0. The molecule has 0 unspecified atom stereocenters. The third-order valence-electron chi connectivity index (χ3n) is 3.92. The van der Waals surface area contributed by atoms with Crippen LogP contribution in [0.2, 0.25) is 0 Å². The molecule has 1 aliphatic rings. The normalized spacial score (nSPS) is 14.0. The van der Waals surface area contributed by atoms with Crippen LogP contribution in [0.4, 0.5) is 5.69 Å². The molecule has 0 saturated carbocycles. The number of anilines is 1. The molecule has 0 radical (unpaired) electrons. The molecule has 1 aliphatic heterocycles. The Bertz CT molecular complexity index is 634. The summed E-state index contributed by atoms with van der Waals surface area (Å²) in [5, 5.41) is 5.03. The van der Waals surface area contributed by atoms with Crippen molar-refractivity contribution in [1.82, 2.24) is 4.98 Å². The van der Waals surface area contributed by atoms with Gasteiger partial charge in [-0.1, -0.05) is 13.8 Å². The zero-order valence-corrected chi connectivity index (χ0v) is 13.3. The summed E-state index contributed by atoms with van der Waals surface area (Å²) < 4.78 is 0. The molecule has 0 saturated heterocycles. The van der Waals surface area contributed by atoms with Crippen molar-refractivity contribution >= 4 is 28.4 Å². The maximum atomic E-state index is 4.61. The molecular weight excluding hydrogens is 264 g/mol. The number of hydrogen-bond donors (Lipinski definition) is 1. The van der Waals surface area contributed by atoms with Gasteiger partial charge in [-0.2, -0.15) is 0 Å². The van der Waals surface area contributed by atoms with E-state index in [4.69, 9.17) is 0 Å². The summed E-state index contributed by atoms with van der Waals surface area (Å²) >= 11 is 1.97. The predicted molar refractivity (Wildman–Crippen MR) is 88.9 cm³/mol. The first-order chi connectivity index (χ1) is 9.66. The van der Waals surface area contributed by atoms with Crippen LogP contribution >= 0.6 is 11.8 Å². The zero-order valence-electron chi connectivity index (χ0n) is 12.5. The fourth-order valence-electron chi connectivity index (χ4n) is 2.79. The van der Waals surface area contributed by atoms with Gasteiger partial charge in [-0.05, 0) is 48.9 Å². The van der Waals surface area contributed by atoms with E-state index in [2.05, 4.69) is 43.2 Å². The van der Waals surface area contributed by atoms with Crippen molar-refractivity contribution in [1.29, 1.82) is 0 Å². The van der Waals surface area contributed by atoms with Crippen LogP contribution in [0, 0.1) is 12.8 Å². The van der Waals surface area contributed by atoms with Crippen LogP contribution in [0.3, 0.4) is 0 Å². The van der Waals surface area contributed by atoms with Crippen LogP contribution < -0.4 is 5.32 Å². The highest BCUT2D eigenvalue weighted by molar-refractivity contribution is 7.99. The molecule has 0 aliphatic carbocycles. The molecule has 0 bridgehead atoms. The Hall–Kier alpha value is -1.22. The molecule has 0 atom stereocenters. The first-order valence-corrected chi connectivity index (χ1v) is 8.43. The van der Waals surface area contributed by atoms with Gasteiger partial charge in [0.1, 0.15) is 0 Å². The van der Waals surface area contributed by atoms with Crippen molar-refractivity contribution < 1.29 is 0 Å². The lowest BCUT2D eigenvalue weighted by molar-refractivity contribution is 0.607. The van der Waals surface area contributed by atoms with E-state index in [0.717, 1.165) is 18.0 Å². The number of hydrogen-bond acceptors (Lipinski definition) is 3. The second-order valence-electron chi connectivity index (χ2n) is 5.96. The Kier molecular flexibility index (Phi) is 3.88. The monoisotopic (exact) mass is 286 g/mol. The zero-order chi connectivity index (χ0) is 14.1. The molecule has 0 amide bonds. The average molecular weight is 286 g/mol. The summed E-state index contributed by atoms with van der Waals surface area (Å²) in [5.74, 6) is 1.94. The molecule has 1 N–H and O–H groups in total. The number of nitrogens with zero attached hydrogens (tertiary/aromatic N) is 1. The number of benzene rings is 1. The lowest BCUT2D eigenvalue weighted by Gasteiger charge is -2.16. The van der Waals surface area contributed by atoms with Gasteiger partial charge in [0.15, 0.2) is 0 Å². The SMILES string of the molecule is Cc1cnc2ccc3c(c2c1NCCC(C)C)CCS3. The van der Waals surface area contributed by atoms with Crippen LogP contribution in [-0.4, -0.2) is 17.3 Å². The van der Waals surface area contributed by atoms with Crippen LogP contribution in [0.1, 0.15) is 31.4 Å². The molecule has 3 rings (SSSR count). The van der Waals surface area contributed by atoms with Crippen molar-refractivity contribution in [3.05, 3.63) is 29.5 Å². The molecule has 3 heteroatoms. The Morgan fingerprint density at radius 1 is 1.35 bits per heavy atom. The average Bonchev–Trinajstić information content (AvgIpc) is 2.89. The third kappa shape index (κ3) is 2.51. The Balaban J connectivity index is 2.04. The molecule has 1 aromatic heterocycles. The van der Waals surface area contributed by atoms with E-state index >= 15 is 0 Å². The van der Waals surface area contributed by atoms with Crippen LogP contribution in [-0.2, 0) is 6.42 Å². The van der Waals surface area contributed by atoms with E-state index in [0.29, 0.717) is 0 Å². The van der Waals surface area contributed by atoms with Crippen LogP contribution in [0.25, 0.3) is 10.9 Å². The number of pyridine rings is 1. The summed E-state index contributed by atoms with van der Waals surface area (Å²) in [5.41, 5.74) is 5.18. The lowest BCUT2D eigenvalue weighted by Crippen LogP contribution is -2.07. The molecular formula is C17H22N2S. The van der Waals surface area contributed by atoms with Gasteiger partial charge in [-0.3, -0.25) is 4.98 Å². The second-order valence-corrected chi connectivity index (χ2v) is 7.10. The van der Waals surface area contributed by atoms with Gasteiger partial charge in [-0.15, -0.1) is 11.8 Å². The molecule has 2 nitrogen and oxygen atoms in total. The maximum Gasteiger partial charge on any atom is 0.0726 e. The van der Waals surface area contributed by atoms with E-state index in [-0.39, 0.29) is 0 Å². The summed E-state index contributed by atoms with van der Waals surface area (Å²) in [6, 6.07) is 4.40. The topological polar surface area (TPSA) is 24.9 Å². The standard InChI is InChI=1S/C17H22N2S/c1-11(2)6-8-18-17-12(3)10-19-14-4-5-15-13(16(14)17)7-9-20-15/h4-5,10-11H,6-9H2,1-3H3,(H,18,19). The first-order valence-electron chi connectivity index (χ1n) is 7.44. The third-order valence-corrected chi connectivity index (χ3v) is 5.02. The lowest BCUT2D eigenvalue weighted by atomic mass is 10.0. The summed E-state index contributed by atoms with van der Waals surface area (Å²) in [6.07, 6.45) is 4.36. The minimum Gasteiger partial charge on any atom is -0.384 e. The van der Waals surface area contributed by atoms with Crippen LogP contribution in [0.15, 0.2) is 23.2 Å². The fourth-order valence-corrected chi connectivity index (χ4v) is 3.86. The minimum absolute atomic E-state index is 0.733. The largest absolute Gasteiger partial charge is 0.384 e. The first kappa shape index (κ1) is 13.7. The molecule has 0 fully saturated rings. The highest BCUT2D eigenvalue weighted by Crippen LogP contribution is 2.39. The van der Waals surface area contributed by atoms with E-state index in [1.165, 1.54) is 45.7 Å². The number of aryl methyl sites for hydroxylation is 2. The minimum atomic E-state index is 0.733. The second kappa shape index (κ2) is 5.65. The molecule has 0 spiro atoms. The van der Waals surface area contributed by atoms with Gasteiger partial charge in [0, 0.05) is 34.5 Å². The summed E-state index contributed by atoms with van der Waals surface area (Å²) in [4.78, 5) is 6.05. The fraction of sp³-hybridized carbons (Fsp3) is 0.471. The number of fused-ring (bicyclic) bond motifs is 3. The van der Waals surface area contributed by atoms with E-state index in [9.17, 15) is 0 Å². The molecule has 2 aromatic rings. The highest BCUT2D eigenvalue weighted by Gasteiger charge is 2.18. The van der Waals surface area contributed by atoms with Gasteiger partial charge in [0.2, 0.25) is 0 Å². The smallest absolute Gasteiger partial charge is 0.0726 e. The van der Waals surface area contributed by atoms with Gasteiger partial charge in [0.05, 0.1) is 5.52 Å². The quantitative estimate of drug-likeness (QED) is 0.885. The van der Waals surface area contributed by atoms with Gasteiger partial charge < -0.3 is 5.32 Å². The Labute approximate surface area is 125 Å². The Morgan fingerprint density at radius 2 is 2.20 bits per heavy atom. The number of aromatic nitrogens is 1. The highest BCUT2D eigenvalue weighted by atomic mass is 32.2. The molecule has 1 aromatic carbocycles. The van der Waals surface area contributed by atoms with Crippen molar-refractivity contribution in [3.63, 3.8) is 0 Å². The number of nitrogens with one attached hydrogen (secondary N) is 1. The number of thioether (sulfide) groups is 1. The Morgan fingerprint density at radius 3 is 3.00 bits per heavy atom. The van der Waals surface area contributed by atoms with Crippen molar-refractivity contribution in [2.24, 2.45) is 5.92 Å². The van der Waals surface area contributed by atoms with Crippen molar-refractivity contribution in [2.75, 3.05) is 17.6 Å². The van der Waals surface area contributed by atoms with E-state index in [1.807, 2.05) is 18.0 Å².